The van der Waals surface area contributed by atoms with Crippen molar-refractivity contribution in [2.24, 2.45) is 5.73 Å². The molecule has 0 unspecified atom stereocenters. The minimum atomic E-state index is 0.444. The molecule has 1 aliphatic rings. The summed E-state index contributed by atoms with van der Waals surface area (Å²) >= 11 is 8.62. The Morgan fingerprint density at radius 2 is 2.05 bits per heavy atom. The van der Waals surface area contributed by atoms with Crippen LogP contribution in [-0.2, 0) is 0 Å². The van der Waals surface area contributed by atoms with Crippen LogP contribution < -0.4 is 10.6 Å². The molecule has 0 atom stereocenters. The van der Waals surface area contributed by atoms with E-state index in [1.807, 2.05) is 6.07 Å². The van der Waals surface area contributed by atoms with Crippen molar-refractivity contribution in [2.45, 2.75) is 45.1 Å². The highest BCUT2D eigenvalue weighted by atomic mass is 79.9. The van der Waals surface area contributed by atoms with Gasteiger partial charge in [-0.2, -0.15) is 0 Å². The van der Waals surface area contributed by atoms with Crippen LogP contribution in [0.1, 0.15) is 44.6 Å². The van der Waals surface area contributed by atoms with Crippen LogP contribution in [0.5, 0.6) is 0 Å². The van der Waals surface area contributed by atoms with Crippen molar-refractivity contribution in [2.75, 3.05) is 11.4 Å². The Hall–Kier alpha value is -0.610. The number of nitrogens with two attached hydrogens (primary N) is 1. The van der Waals surface area contributed by atoms with Gasteiger partial charge in [0.1, 0.15) is 4.99 Å². The molecule has 2 nitrogen and oxygen atoms in total. The van der Waals surface area contributed by atoms with Crippen molar-refractivity contribution in [3.05, 3.63) is 28.2 Å². The highest BCUT2D eigenvalue weighted by Gasteiger charge is 2.20. The molecule has 2 rings (SSSR count). The Bertz CT molecular complexity index is 455. The molecule has 19 heavy (non-hydrogen) atoms. The molecule has 4 heteroatoms. The third kappa shape index (κ3) is 3.48. The van der Waals surface area contributed by atoms with Crippen molar-refractivity contribution in [1.29, 1.82) is 0 Å². The summed E-state index contributed by atoms with van der Waals surface area (Å²) in [7, 11) is 0. The minimum absolute atomic E-state index is 0.444. The average Bonchev–Trinajstić information content (AvgIpc) is 2.40. The molecule has 104 valence electrons. The van der Waals surface area contributed by atoms with Gasteiger partial charge < -0.3 is 10.6 Å². The smallest absolute Gasteiger partial charge is 0.105 e. The standard InChI is InChI=1S/C15H21BrN2S/c1-2-18(11-6-4-3-5-7-11)12-8-9-13(15(17)19)14(16)10-12/h8-11H,2-7H2,1H3,(H2,17,19). The monoisotopic (exact) mass is 340 g/mol. The highest BCUT2D eigenvalue weighted by Crippen LogP contribution is 2.30. The SMILES string of the molecule is CCN(c1ccc(C(N)=S)c(Br)c1)C1CCCCC1. The second-order valence-electron chi connectivity index (χ2n) is 5.11. The zero-order valence-corrected chi connectivity index (χ0v) is 13.8. The first kappa shape index (κ1) is 14.8. The van der Waals surface area contributed by atoms with Crippen LogP contribution in [0.2, 0.25) is 0 Å². The fourth-order valence-electron chi connectivity index (χ4n) is 2.93. The third-order valence-electron chi connectivity index (χ3n) is 3.91. The van der Waals surface area contributed by atoms with Gasteiger partial charge in [0.25, 0.3) is 0 Å². The molecule has 0 bridgehead atoms. The van der Waals surface area contributed by atoms with Gasteiger partial charge in [0.2, 0.25) is 0 Å². The lowest BCUT2D eigenvalue weighted by Gasteiger charge is -2.35. The van der Waals surface area contributed by atoms with Crippen LogP contribution >= 0.6 is 28.1 Å². The lowest BCUT2D eigenvalue weighted by molar-refractivity contribution is 0.418. The van der Waals surface area contributed by atoms with Crippen LogP contribution in [0.4, 0.5) is 5.69 Å². The van der Waals surface area contributed by atoms with Gasteiger partial charge in [0.15, 0.2) is 0 Å². The summed E-state index contributed by atoms with van der Waals surface area (Å²) < 4.78 is 0.992. The minimum Gasteiger partial charge on any atom is -0.389 e. The maximum absolute atomic E-state index is 5.70. The van der Waals surface area contributed by atoms with Gasteiger partial charge in [-0.3, -0.25) is 0 Å². The van der Waals surface area contributed by atoms with Crippen molar-refractivity contribution < 1.29 is 0 Å². The van der Waals surface area contributed by atoms with E-state index in [1.165, 1.54) is 37.8 Å². The molecule has 1 aliphatic carbocycles. The summed E-state index contributed by atoms with van der Waals surface area (Å²) in [5.74, 6) is 0. The van der Waals surface area contributed by atoms with Gasteiger partial charge in [0.05, 0.1) is 0 Å². The van der Waals surface area contributed by atoms with Crippen molar-refractivity contribution >= 4 is 38.8 Å². The van der Waals surface area contributed by atoms with E-state index in [0.29, 0.717) is 11.0 Å². The van der Waals surface area contributed by atoms with E-state index in [-0.39, 0.29) is 0 Å². The van der Waals surface area contributed by atoms with E-state index in [1.54, 1.807) is 0 Å². The molecule has 0 aliphatic heterocycles. The number of thiocarbonyl (C=S) groups is 1. The molecule has 0 spiro atoms. The van der Waals surface area contributed by atoms with E-state index in [0.717, 1.165) is 16.6 Å². The van der Waals surface area contributed by atoms with Crippen molar-refractivity contribution in [1.82, 2.24) is 0 Å². The first-order valence-corrected chi connectivity index (χ1v) is 8.19. The van der Waals surface area contributed by atoms with Crippen LogP contribution in [0, 0.1) is 0 Å². The van der Waals surface area contributed by atoms with Gasteiger partial charge >= 0.3 is 0 Å². The molecule has 0 heterocycles. The van der Waals surface area contributed by atoms with Crippen molar-refractivity contribution in [3.8, 4) is 0 Å². The zero-order chi connectivity index (χ0) is 13.8. The Morgan fingerprint density at radius 3 is 2.58 bits per heavy atom. The van der Waals surface area contributed by atoms with E-state index in [2.05, 4.69) is 39.9 Å². The van der Waals surface area contributed by atoms with Gasteiger partial charge in [-0.25, -0.2) is 0 Å². The lowest BCUT2D eigenvalue weighted by atomic mass is 9.93. The Labute approximate surface area is 129 Å². The van der Waals surface area contributed by atoms with Crippen LogP contribution in [0.15, 0.2) is 22.7 Å². The molecule has 0 aromatic heterocycles. The predicted octanol–water partition coefficient (Wildman–Crippen LogP) is 4.24. The average molecular weight is 341 g/mol. The summed E-state index contributed by atoms with van der Waals surface area (Å²) in [5.41, 5.74) is 7.88. The zero-order valence-electron chi connectivity index (χ0n) is 11.4. The summed E-state index contributed by atoms with van der Waals surface area (Å²) in [4.78, 5) is 2.95. The molecular weight excluding hydrogens is 320 g/mol. The predicted molar refractivity (Wildman–Crippen MR) is 89.9 cm³/mol. The van der Waals surface area contributed by atoms with Crippen LogP contribution in [-0.4, -0.2) is 17.6 Å². The molecule has 1 saturated carbocycles. The summed E-state index contributed by atoms with van der Waals surface area (Å²) in [6, 6.07) is 6.98. The van der Waals surface area contributed by atoms with E-state index in [9.17, 15) is 0 Å². The fraction of sp³-hybridized carbons (Fsp3) is 0.533. The van der Waals surface area contributed by atoms with Gasteiger partial charge in [-0.05, 0) is 53.9 Å². The van der Waals surface area contributed by atoms with E-state index >= 15 is 0 Å². The Morgan fingerprint density at radius 1 is 1.37 bits per heavy atom. The number of hydrogen-bond acceptors (Lipinski definition) is 2. The number of halogens is 1. The van der Waals surface area contributed by atoms with Crippen molar-refractivity contribution in [3.63, 3.8) is 0 Å². The Balaban J connectivity index is 2.23. The second-order valence-corrected chi connectivity index (χ2v) is 6.40. The van der Waals surface area contributed by atoms with Crippen LogP contribution in [0.25, 0.3) is 0 Å². The Kier molecular flexibility index (Phi) is 5.22. The fourth-order valence-corrected chi connectivity index (χ4v) is 3.82. The summed E-state index contributed by atoms with van der Waals surface area (Å²) in [5, 5.41) is 0. The van der Waals surface area contributed by atoms with Gasteiger partial charge in [-0.15, -0.1) is 0 Å². The molecule has 0 amide bonds. The highest BCUT2D eigenvalue weighted by molar-refractivity contribution is 9.10. The maximum atomic E-state index is 5.70. The molecule has 0 saturated heterocycles. The summed E-state index contributed by atoms with van der Waals surface area (Å²) in [6.07, 6.45) is 6.71. The maximum Gasteiger partial charge on any atom is 0.105 e. The topological polar surface area (TPSA) is 29.3 Å². The number of nitrogens with zero attached hydrogens (tertiary/aromatic N) is 1. The molecule has 1 fully saturated rings. The molecular formula is C15H21BrN2S. The van der Waals surface area contributed by atoms with E-state index in [4.69, 9.17) is 18.0 Å². The number of rotatable bonds is 4. The van der Waals surface area contributed by atoms with E-state index < -0.39 is 0 Å². The van der Waals surface area contributed by atoms with Gasteiger partial charge in [-0.1, -0.05) is 31.5 Å². The number of anilines is 1. The largest absolute Gasteiger partial charge is 0.389 e. The molecule has 1 aromatic rings. The number of hydrogen-bond donors (Lipinski definition) is 1. The quantitative estimate of drug-likeness (QED) is 0.831. The molecule has 2 N–H and O–H groups in total. The first-order valence-electron chi connectivity index (χ1n) is 6.99. The molecule has 0 radical (unpaired) electrons. The second kappa shape index (κ2) is 6.71. The normalized spacial score (nSPS) is 16.3. The number of benzene rings is 1. The summed E-state index contributed by atoms with van der Waals surface area (Å²) in [6.45, 7) is 3.27. The molecule has 1 aromatic carbocycles. The third-order valence-corrected chi connectivity index (χ3v) is 4.78. The van der Waals surface area contributed by atoms with Gasteiger partial charge in [0, 0.05) is 28.3 Å². The lowest BCUT2D eigenvalue weighted by Crippen LogP contribution is -2.36. The first-order chi connectivity index (χ1) is 9.13. The van der Waals surface area contributed by atoms with Crippen LogP contribution in [0.3, 0.4) is 0 Å².